The molecule has 2 aromatic rings. The van der Waals surface area contributed by atoms with Crippen LogP contribution in [-0.4, -0.2) is 59.2 Å². The summed E-state index contributed by atoms with van der Waals surface area (Å²) < 4.78 is 10.5. The largest absolute Gasteiger partial charge is 0.497 e. The Labute approximate surface area is 169 Å². The molecule has 1 amide bonds. The number of nitrogens with zero attached hydrogens (tertiary/aromatic N) is 4. The van der Waals surface area contributed by atoms with E-state index in [0.717, 1.165) is 37.2 Å². The number of likely N-dealkylation sites (tertiary alicyclic amines) is 1. The van der Waals surface area contributed by atoms with Gasteiger partial charge in [0.15, 0.2) is 5.96 Å². The molecule has 4 rings (SSSR count). The number of aliphatic imine (C=N–C) groups is 1. The van der Waals surface area contributed by atoms with Crippen LogP contribution < -0.4 is 15.8 Å². The number of rotatable bonds is 6. The fourth-order valence-electron chi connectivity index (χ4n) is 3.82. The fraction of sp³-hybridized carbons (Fsp3) is 0.500. The van der Waals surface area contributed by atoms with Crippen molar-refractivity contribution < 1.29 is 14.1 Å². The number of hydrogen-bond donors (Lipinski definition) is 2. The fourth-order valence-corrected chi connectivity index (χ4v) is 3.82. The average molecular weight is 398 g/mol. The number of methoxy groups -OCH3 is 1. The Morgan fingerprint density at radius 1 is 1.31 bits per heavy atom. The second-order valence-corrected chi connectivity index (χ2v) is 7.58. The number of ether oxygens (including phenoxy) is 1. The summed E-state index contributed by atoms with van der Waals surface area (Å²) in [7, 11) is 1.63. The Balaban J connectivity index is 1.22. The third kappa shape index (κ3) is 4.33. The number of piperidine rings is 1. The van der Waals surface area contributed by atoms with E-state index in [1.807, 2.05) is 29.2 Å². The lowest BCUT2D eigenvalue weighted by Gasteiger charge is -2.39. The maximum atomic E-state index is 12.5. The SMILES string of the molecule is COc1ccc(-c2noc(CCCC(=O)N3CCC4(CC3)CN=C(N)N4)n2)cc1. The van der Waals surface area contributed by atoms with Crippen LogP contribution >= 0.6 is 0 Å². The van der Waals surface area contributed by atoms with Gasteiger partial charge in [-0.2, -0.15) is 4.98 Å². The normalized spacial score (nSPS) is 17.8. The molecular weight excluding hydrogens is 372 g/mol. The lowest BCUT2D eigenvalue weighted by molar-refractivity contribution is -0.132. The van der Waals surface area contributed by atoms with Gasteiger partial charge in [-0.05, 0) is 43.5 Å². The molecule has 9 nitrogen and oxygen atoms in total. The predicted molar refractivity (Wildman–Crippen MR) is 107 cm³/mol. The van der Waals surface area contributed by atoms with Gasteiger partial charge in [0, 0.05) is 31.5 Å². The summed E-state index contributed by atoms with van der Waals surface area (Å²) in [5, 5.41) is 7.30. The van der Waals surface area contributed by atoms with Crippen molar-refractivity contribution in [1.82, 2.24) is 20.4 Å². The van der Waals surface area contributed by atoms with Crippen LogP contribution in [0.25, 0.3) is 11.4 Å². The summed E-state index contributed by atoms with van der Waals surface area (Å²) in [5.74, 6) is 2.55. The van der Waals surface area contributed by atoms with Gasteiger partial charge in [-0.1, -0.05) is 5.16 Å². The van der Waals surface area contributed by atoms with E-state index >= 15 is 0 Å². The number of carbonyl (C=O) groups is 1. The van der Waals surface area contributed by atoms with Gasteiger partial charge in [0.25, 0.3) is 0 Å². The molecule has 3 N–H and O–H groups in total. The minimum atomic E-state index is -0.0531. The first-order valence-corrected chi connectivity index (χ1v) is 9.90. The molecule has 9 heteroatoms. The van der Waals surface area contributed by atoms with Gasteiger partial charge < -0.3 is 25.2 Å². The number of aryl methyl sites for hydroxylation is 1. The minimum absolute atomic E-state index is 0.0531. The first kappa shape index (κ1) is 19.2. The van der Waals surface area contributed by atoms with Crippen molar-refractivity contribution in [3.8, 4) is 17.1 Å². The monoisotopic (exact) mass is 398 g/mol. The third-order valence-electron chi connectivity index (χ3n) is 5.62. The molecule has 1 aromatic heterocycles. The molecule has 0 unspecified atom stereocenters. The van der Waals surface area contributed by atoms with Crippen LogP contribution in [0.2, 0.25) is 0 Å². The Kier molecular flexibility index (Phi) is 5.37. The second-order valence-electron chi connectivity index (χ2n) is 7.58. The molecule has 0 saturated carbocycles. The first-order valence-electron chi connectivity index (χ1n) is 9.90. The Hall–Kier alpha value is -3.10. The smallest absolute Gasteiger partial charge is 0.226 e. The quantitative estimate of drug-likeness (QED) is 0.754. The van der Waals surface area contributed by atoms with Crippen LogP contribution in [0.3, 0.4) is 0 Å². The predicted octanol–water partition coefficient (Wildman–Crippen LogP) is 1.35. The molecule has 2 aliphatic heterocycles. The molecule has 3 heterocycles. The first-order chi connectivity index (χ1) is 14.1. The van der Waals surface area contributed by atoms with Crippen LogP contribution in [0.1, 0.15) is 31.6 Å². The van der Waals surface area contributed by atoms with Crippen LogP contribution in [0.4, 0.5) is 0 Å². The van der Waals surface area contributed by atoms with E-state index in [9.17, 15) is 4.79 Å². The van der Waals surface area contributed by atoms with Crippen molar-refractivity contribution in [3.63, 3.8) is 0 Å². The molecule has 154 valence electrons. The highest BCUT2D eigenvalue weighted by atomic mass is 16.5. The lowest BCUT2D eigenvalue weighted by atomic mass is 9.88. The molecule has 29 heavy (non-hydrogen) atoms. The Bertz CT molecular complexity index is 884. The maximum absolute atomic E-state index is 12.5. The standard InChI is InChI=1S/C20H26N6O3/c1-28-15-7-5-14(6-8-15)18-23-16(29-25-18)3-2-4-17(27)26-11-9-20(10-12-26)13-22-19(21)24-20/h5-8H,2-4,9-13H2,1H3,(H3,21,22,24). The molecule has 0 atom stereocenters. The van der Waals surface area contributed by atoms with Crippen molar-refractivity contribution in [2.75, 3.05) is 26.7 Å². The van der Waals surface area contributed by atoms with E-state index < -0.39 is 0 Å². The van der Waals surface area contributed by atoms with E-state index in [0.29, 0.717) is 43.5 Å². The molecule has 1 aromatic carbocycles. The lowest BCUT2D eigenvalue weighted by Crippen LogP contribution is -2.55. The number of guanidine groups is 1. The van der Waals surface area contributed by atoms with Crippen molar-refractivity contribution in [2.45, 2.75) is 37.6 Å². The van der Waals surface area contributed by atoms with Gasteiger partial charge in [0.2, 0.25) is 17.6 Å². The van der Waals surface area contributed by atoms with Gasteiger partial charge in [-0.25, -0.2) is 0 Å². The molecule has 1 saturated heterocycles. The van der Waals surface area contributed by atoms with Crippen LogP contribution in [-0.2, 0) is 11.2 Å². The van der Waals surface area contributed by atoms with E-state index in [1.165, 1.54) is 0 Å². The zero-order valence-corrected chi connectivity index (χ0v) is 16.6. The number of carbonyl (C=O) groups excluding carboxylic acids is 1. The summed E-state index contributed by atoms with van der Waals surface area (Å²) in [5.41, 5.74) is 6.55. The Morgan fingerprint density at radius 2 is 2.07 bits per heavy atom. The third-order valence-corrected chi connectivity index (χ3v) is 5.62. The molecule has 0 bridgehead atoms. The number of nitrogens with two attached hydrogens (primary N) is 1. The van der Waals surface area contributed by atoms with Gasteiger partial charge in [0.05, 0.1) is 19.2 Å². The van der Waals surface area contributed by atoms with Crippen molar-refractivity contribution >= 4 is 11.9 Å². The average Bonchev–Trinajstić information content (AvgIpc) is 3.35. The second kappa shape index (κ2) is 8.10. The minimum Gasteiger partial charge on any atom is -0.497 e. The summed E-state index contributed by atoms with van der Waals surface area (Å²) >= 11 is 0. The number of nitrogens with one attached hydrogen (secondary N) is 1. The highest BCUT2D eigenvalue weighted by Gasteiger charge is 2.38. The van der Waals surface area contributed by atoms with Crippen LogP contribution in [0.5, 0.6) is 5.75 Å². The summed E-state index contributed by atoms with van der Waals surface area (Å²) in [4.78, 5) is 23.1. The summed E-state index contributed by atoms with van der Waals surface area (Å²) in [6.07, 6.45) is 3.48. The topological polar surface area (TPSA) is 119 Å². The number of amides is 1. The van der Waals surface area contributed by atoms with Crippen LogP contribution in [0.15, 0.2) is 33.8 Å². The molecule has 0 radical (unpaired) electrons. The summed E-state index contributed by atoms with van der Waals surface area (Å²) in [6.45, 7) is 2.17. The van der Waals surface area contributed by atoms with E-state index in [4.69, 9.17) is 15.0 Å². The van der Waals surface area contributed by atoms with Gasteiger partial charge in [-0.15, -0.1) is 0 Å². The molecule has 1 fully saturated rings. The highest BCUT2D eigenvalue weighted by Crippen LogP contribution is 2.26. The molecular formula is C20H26N6O3. The van der Waals surface area contributed by atoms with Gasteiger partial charge >= 0.3 is 0 Å². The number of benzene rings is 1. The van der Waals surface area contributed by atoms with E-state index in [-0.39, 0.29) is 11.4 Å². The van der Waals surface area contributed by atoms with Crippen molar-refractivity contribution in [3.05, 3.63) is 30.2 Å². The Morgan fingerprint density at radius 3 is 2.72 bits per heavy atom. The zero-order valence-electron chi connectivity index (χ0n) is 16.6. The van der Waals surface area contributed by atoms with Crippen molar-refractivity contribution in [2.24, 2.45) is 10.7 Å². The maximum Gasteiger partial charge on any atom is 0.226 e. The van der Waals surface area contributed by atoms with Crippen LogP contribution in [0, 0.1) is 0 Å². The zero-order chi connectivity index (χ0) is 20.3. The van der Waals surface area contributed by atoms with Gasteiger partial charge in [-0.3, -0.25) is 9.79 Å². The molecule has 2 aliphatic rings. The number of aromatic nitrogens is 2. The molecule has 0 aliphatic carbocycles. The summed E-state index contributed by atoms with van der Waals surface area (Å²) in [6, 6.07) is 7.48. The number of hydrogen-bond acceptors (Lipinski definition) is 8. The highest BCUT2D eigenvalue weighted by molar-refractivity contribution is 5.81. The van der Waals surface area contributed by atoms with Gasteiger partial charge in [0.1, 0.15) is 5.75 Å². The van der Waals surface area contributed by atoms with E-state index in [1.54, 1.807) is 7.11 Å². The van der Waals surface area contributed by atoms with E-state index in [2.05, 4.69) is 20.4 Å². The molecule has 1 spiro atoms. The van der Waals surface area contributed by atoms with Crippen molar-refractivity contribution in [1.29, 1.82) is 0 Å².